The third kappa shape index (κ3) is 5.69. The minimum absolute atomic E-state index is 0.117. The van der Waals surface area contributed by atoms with Crippen molar-refractivity contribution in [3.63, 3.8) is 0 Å². The molecule has 2 unspecified atom stereocenters. The van der Waals surface area contributed by atoms with Crippen LogP contribution in [0.25, 0.3) is 6.08 Å². The molecule has 1 fully saturated rings. The quantitative estimate of drug-likeness (QED) is 0.518. The first-order valence-electron chi connectivity index (χ1n) is 10.2. The molecule has 2 heteroatoms. The fourth-order valence-electron chi connectivity index (χ4n) is 4.17. The smallest absolute Gasteiger partial charge is 0.0760 e. The van der Waals surface area contributed by atoms with Crippen molar-refractivity contribution >= 4 is 6.08 Å². The zero-order valence-electron chi connectivity index (χ0n) is 16.5. The summed E-state index contributed by atoms with van der Waals surface area (Å²) in [5, 5.41) is 3.97. The lowest BCUT2D eigenvalue weighted by atomic mass is 9.75. The summed E-state index contributed by atoms with van der Waals surface area (Å²) in [5.41, 5.74) is 2.68. The molecule has 1 aromatic rings. The van der Waals surface area contributed by atoms with Crippen LogP contribution in [0, 0.1) is 0 Å². The molecule has 2 atom stereocenters. The summed E-state index contributed by atoms with van der Waals surface area (Å²) in [5.74, 6) is 0. The van der Waals surface area contributed by atoms with Crippen LogP contribution in [0.5, 0.6) is 0 Å². The van der Waals surface area contributed by atoms with E-state index in [1.165, 1.54) is 62.5 Å². The second-order valence-corrected chi connectivity index (χ2v) is 7.79. The third-order valence-electron chi connectivity index (χ3n) is 5.52. The Morgan fingerprint density at radius 2 is 2.08 bits per heavy atom. The monoisotopic (exact) mass is 343 g/mol. The van der Waals surface area contributed by atoms with Crippen LogP contribution in [-0.2, 0) is 11.3 Å². The molecule has 2 rings (SSSR count). The number of ether oxygens (including phenoxy) is 1. The van der Waals surface area contributed by atoms with Crippen molar-refractivity contribution < 1.29 is 4.74 Å². The number of unbranched alkanes of at least 4 members (excludes halogenated alkanes) is 2. The summed E-state index contributed by atoms with van der Waals surface area (Å²) in [6.45, 7) is 11.5. The van der Waals surface area contributed by atoms with Gasteiger partial charge in [-0.05, 0) is 44.2 Å². The Hall–Kier alpha value is -1.12. The van der Waals surface area contributed by atoms with Crippen LogP contribution in [0.4, 0.5) is 0 Å². The van der Waals surface area contributed by atoms with Crippen LogP contribution < -0.4 is 5.32 Å². The molecule has 2 nitrogen and oxygen atoms in total. The minimum Gasteiger partial charge on any atom is -0.374 e. The van der Waals surface area contributed by atoms with Gasteiger partial charge in [0.25, 0.3) is 0 Å². The maximum absolute atomic E-state index is 6.40. The van der Waals surface area contributed by atoms with E-state index >= 15 is 0 Å². The maximum atomic E-state index is 6.40. The van der Waals surface area contributed by atoms with Crippen LogP contribution in [0.15, 0.2) is 30.8 Å². The van der Waals surface area contributed by atoms with E-state index in [9.17, 15) is 0 Å². The molecule has 1 saturated carbocycles. The molecule has 1 N–H and O–H groups in total. The Labute approximate surface area is 155 Å². The van der Waals surface area contributed by atoms with E-state index in [-0.39, 0.29) is 11.6 Å². The van der Waals surface area contributed by atoms with Crippen molar-refractivity contribution in [3.8, 4) is 0 Å². The van der Waals surface area contributed by atoms with Crippen molar-refractivity contribution in [1.82, 2.24) is 5.32 Å². The van der Waals surface area contributed by atoms with E-state index in [1.807, 2.05) is 6.08 Å². The predicted molar refractivity (Wildman–Crippen MR) is 109 cm³/mol. The predicted octanol–water partition coefficient (Wildman–Crippen LogP) is 6.11. The molecule has 1 aliphatic carbocycles. The number of hydrogen-bond donors (Lipinski definition) is 1. The number of rotatable bonds is 10. The molecule has 0 amide bonds. The summed E-state index contributed by atoms with van der Waals surface area (Å²) in [7, 11) is 0. The van der Waals surface area contributed by atoms with Gasteiger partial charge in [0.1, 0.15) is 0 Å². The highest BCUT2D eigenvalue weighted by Gasteiger charge is 2.41. The van der Waals surface area contributed by atoms with Gasteiger partial charge in [-0.2, -0.15) is 0 Å². The van der Waals surface area contributed by atoms with Crippen molar-refractivity contribution in [2.75, 3.05) is 0 Å². The van der Waals surface area contributed by atoms with E-state index in [1.54, 1.807) is 0 Å². The minimum atomic E-state index is 0.117. The first-order chi connectivity index (χ1) is 12.1. The molecule has 0 spiro atoms. The van der Waals surface area contributed by atoms with Gasteiger partial charge >= 0.3 is 0 Å². The summed E-state index contributed by atoms with van der Waals surface area (Å²) < 4.78 is 6.40. The first-order valence-corrected chi connectivity index (χ1v) is 10.2. The highest BCUT2D eigenvalue weighted by atomic mass is 16.5. The van der Waals surface area contributed by atoms with Crippen LogP contribution in [-0.4, -0.2) is 17.7 Å². The van der Waals surface area contributed by atoms with Gasteiger partial charge in [0, 0.05) is 12.1 Å². The second-order valence-electron chi connectivity index (χ2n) is 7.79. The maximum Gasteiger partial charge on any atom is 0.0760 e. The topological polar surface area (TPSA) is 21.3 Å². The molecule has 0 bridgehead atoms. The lowest BCUT2D eigenvalue weighted by molar-refractivity contribution is -0.0734. The Balaban J connectivity index is 2.16. The standard InChI is InChI=1S/C23H37NO/c1-5-7-11-16-23(17-12-10-15-22(23)25-19(3)4)24-18-21-14-9-8-13-20(21)6-2/h6,8-9,13-14,19,22,24H,2,5,7,10-12,15-18H2,1,3-4H3. The Morgan fingerprint density at radius 3 is 2.80 bits per heavy atom. The zero-order valence-corrected chi connectivity index (χ0v) is 16.5. The average molecular weight is 344 g/mol. The zero-order chi connectivity index (χ0) is 18.1. The van der Waals surface area contributed by atoms with Gasteiger partial charge in [-0.15, -0.1) is 0 Å². The molecular formula is C23H37NO. The van der Waals surface area contributed by atoms with E-state index in [0.717, 1.165) is 6.54 Å². The molecule has 0 aromatic heterocycles. The molecule has 140 valence electrons. The van der Waals surface area contributed by atoms with E-state index in [2.05, 4.69) is 56.9 Å². The molecule has 1 aliphatic rings. The van der Waals surface area contributed by atoms with E-state index in [0.29, 0.717) is 6.10 Å². The van der Waals surface area contributed by atoms with Gasteiger partial charge in [0.05, 0.1) is 12.2 Å². The van der Waals surface area contributed by atoms with Crippen LogP contribution in [0.1, 0.15) is 83.3 Å². The second kappa shape index (κ2) is 10.1. The highest BCUT2D eigenvalue weighted by molar-refractivity contribution is 5.51. The van der Waals surface area contributed by atoms with Crippen LogP contribution >= 0.6 is 0 Å². The SMILES string of the molecule is C=Cc1ccccc1CNC1(CCCCC)CCCCC1OC(C)C. The highest BCUT2D eigenvalue weighted by Crippen LogP contribution is 2.36. The Bertz CT molecular complexity index is 525. The van der Waals surface area contributed by atoms with Crippen LogP contribution in [0.3, 0.4) is 0 Å². The molecule has 0 aliphatic heterocycles. The molecule has 0 saturated heterocycles. The average Bonchev–Trinajstić information content (AvgIpc) is 2.62. The molecule has 0 radical (unpaired) electrons. The van der Waals surface area contributed by atoms with Gasteiger partial charge in [-0.1, -0.05) is 75.9 Å². The summed E-state index contributed by atoms with van der Waals surface area (Å²) in [6.07, 6.45) is 12.7. The van der Waals surface area contributed by atoms with Gasteiger partial charge in [-0.25, -0.2) is 0 Å². The van der Waals surface area contributed by atoms with E-state index < -0.39 is 0 Å². The van der Waals surface area contributed by atoms with Crippen molar-refractivity contribution in [2.45, 2.75) is 96.4 Å². The number of nitrogens with one attached hydrogen (secondary N) is 1. The fourth-order valence-corrected chi connectivity index (χ4v) is 4.17. The third-order valence-corrected chi connectivity index (χ3v) is 5.52. The summed E-state index contributed by atoms with van der Waals surface area (Å²) >= 11 is 0. The lowest BCUT2D eigenvalue weighted by Crippen LogP contribution is -2.57. The molecule has 0 heterocycles. The van der Waals surface area contributed by atoms with Crippen molar-refractivity contribution in [2.24, 2.45) is 0 Å². The molecule has 25 heavy (non-hydrogen) atoms. The van der Waals surface area contributed by atoms with Gasteiger partial charge in [0.15, 0.2) is 0 Å². The van der Waals surface area contributed by atoms with Crippen LogP contribution in [0.2, 0.25) is 0 Å². The first kappa shape index (κ1) is 20.2. The molecular weight excluding hydrogens is 306 g/mol. The molecule has 1 aromatic carbocycles. The Morgan fingerprint density at radius 1 is 1.28 bits per heavy atom. The number of hydrogen-bond acceptors (Lipinski definition) is 2. The van der Waals surface area contributed by atoms with Gasteiger partial charge < -0.3 is 10.1 Å². The lowest BCUT2D eigenvalue weighted by Gasteiger charge is -2.46. The van der Waals surface area contributed by atoms with Gasteiger partial charge in [-0.3, -0.25) is 0 Å². The van der Waals surface area contributed by atoms with E-state index in [4.69, 9.17) is 4.74 Å². The number of benzene rings is 1. The Kier molecular flexibility index (Phi) is 8.18. The summed E-state index contributed by atoms with van der Waals surface area (Å²) in [6, 6.07) is 8.57. The normalized spacial score (nSPS) is 23.8. The summed E-state index contributed by atoms with van der Waals surface area (Å²) in [4.78, 5) is 0. The van der Waals surface area contributed by atoms with Gasteiger partial charge in [0.2, 0.25) is 0 Å². The fraction of sp³-hybridized carbons (Fsp3) is 0.652. The van der Waals surface area contributed by atoms with Crippen molar-refractivity contribution in [1.29, 1.82) is 0 Å². The largest absolute Gasteiger partial charge is 0.374 e. The van der Waals surface area contributed by atoms with Crippen molar-refractivity contribution in [3.05, 3.63) is 42.0 Å².